The summed E-state index contributed by atoms with van der Waals surface area (Å²) in [4.78, 5) is 10.9. The Balaban J connectivity index is 1.69. The molecule has 4 rings (SSSR count). The molecule has 0 aliphatic carbocycles. The lowest BCUT2D eigenvalue weighted by Gasteiger charge is -2.14. The third-order valence-electron chi connectivity index (χ3n) is 5.40. The molecule has 0 saturated carbocycles. The summed E-state index contributed by atoms with van der Waals surface area (Å²) < 4.78 is 15.1. The fourth-order valence-electron chi connectivity index (χ4n) is 3.93. The van der Waals surface area contributed by atoms with Crippen molar-refractivity contribution in [3.05, 3.63) is 58.8 Å². The molecule has 0 atom stereocenters. The average molecular weight is 352 g/mol. The van der Waals surface area contributed by atoms with E-state index in [9.17, 15) is 4.39 Å². The number of halogens is 1. The van der Waals surface area contributed by atoms with Crippen molar-refractivity contribution in [2.24, 2.45) is 0 Å². The van der Waals surface area contributed by atoms with E-state index in [1.54, 1.807) is 12.4 Å². The van der Waals surface area contributed by atoms with Crippen LogP contribution in [0.4, 0.5) is 4.39 Å². The van der Waals surface area contributed by atoms with Gasteiger partial charge in [0.05, 0.1) is 17.6 Å². The van der Waals surface area contributed by atoms with Gasteiger partial charge in [0, 0.05) is 55.3 Å². The molecule has 0 amide bonds. The van der Waals surface area contributed by atoms with Gasteiger partial charge in [0.25, 0.3) is 0 Å². The Morgan fingerprint density at radius 3 is 2.62 bits per heavy atom. The summed E-state index contributed by atoms with van der Waals surface area (Å²) in [6.45, 7) is 4.68. The van der Waals surface area contributed by atoms with Crippen molar-refractivity contribution in [1.29, 1.82) is 0 Å². The first-order chi connectivity index (χ1) is 12.7. The summed E-state index contributed by atoms with van der Waals surface area (Å²) in [5.74, 6) is 0. The van der Waals surface area contributed by atoms with Gasteiger partial charge in [0.1, 0.15) is 6.67 Å². The second-order valence-electron chi connectivity index (χ2n) is 7.28. The fraction of sp³-hybridized carbons (Fsp3) is 0.429. The van der Waals surface area contributed by atoms with Crippen molar-refractivity contribution in [2.45, 2.75) is 39.4 Å². The van der Waals surface area contributed by atoms with Crippen LogP contribution in [0.15, 0.2) is 30.6 Å². The van der Waals surface area contributed by atoms with Gasteiger partial charge in [-0.1, -0.05) is 11.6 Å². The number of hydrogen-bond acceptors (Lipinski definition) is 3. The summed E-state index contributed by atoms with van der Waals surface area (Å²) in [6.07, 6.45) is 6.23. The fourth-order valence-corrected chi connectivity index (χ4v) is 3.93. The number of fused-ring (bicyclic) bond motifs is 3. The monoisotopic (exact) mass is 352 g/mol. The number of likely N-dealkylation sites (N-methyl/N-ethyl adjacent to an activating group) is 1. The molecule has 136 valence electrons. The molecule has 3 aromatic rings. The Kier molecular flexibility index (Phi) is 4.72. The van der Waals surface area contributed by atoms with Crippen LogP contribution in [-0.2, 0) is 32.5 Å². The maximum absolute atomic E-state index is 12.6. The Morgan fingerprint density at radius 2 is 1.85 bits per heavy atom. The first-order valence-electron chi connectivity index (χ1n) is 9.30. The zero-order valence-electron chi connectivity index (χ0n) is 15.5. The minimum atomic E-state index is -0.560. The molecule has 1 aliphatic rings. The first-order valence-corrected chi connectivity index (χ1v) is 9.30. The molecule has 0 bridgehead atoms. The molecule has 1 aromatic carbocycles. The summed E-state index contributed by atoms with van der Waals surface area (Å²) in [5.41, 5.74) is 6.90. The average Bonchev–Trinajstić information content (AvgIpc) is 2.80. The number of hydrogen-bond donors (Lipinski definition) is 0. The molecule has 5 heteroatoms. The summed E-state index contributed by atoms with van der Waals surface area (Å²) >= 11 is 0. The lowest BCUT2D eigenvalue weighted by atomic mass is 10.1. The number of aromatic nitrogens is 3. The van der Waals surface area contributed by atoms with Crippen LogP contribution in [0.2, 0.25) is 0 Å². The molecule has 3 heterocycles. The Morgan fingerprint density at radius 1 is 1.08 bits per heavy atom. The van der Waals surface area contributed by atoms with Crippen LogP contribution in [-0.4, -0.2) is 39.6 Å². The highest BCUT2D eigenvalue weighted by Crippen LogP contribution is 2.30. The topological polar surface area (TPSA) is 34.0 Å². The van der Waals surface area contributed by atoms with Crippen molar-refractivity contribution >= 4 is 10.9 Å². The molecule has 0 saturated heterocycles. The van der Waals surface area contributed by atoms with Crippen molar-refractivity contribution in [3.63, 3.8) is 0 Å². The molecule has 2 aromatic heterocycles. The SMILES string of the molecule is Cc1ccc2c(c1)c1c(n2CCc2cnc(CF)cn2)CCN(C)CC1. The molecule has 0 spiro atoms. The van der Waals surface area contributed by atoms with Gasteiger partial charge >= 0.3 is 0 Å². The molecular formula is C21H25FN4. The molecular weight excluding hydrogens is 327 g/mol. The van der Waals surface area contributed by atoms with Crippen molar-refractivity contribution < 1.29 is 4.39 Å². The van der Waals surface area contributed by atoms with Gasteiger partial charge in [-0.2, -0.15) is 0 Å². The summed E-state index contributed by atoms with van der Waals surface area (Å²) in [7, 11) is 2.20. The van der Waals surface area contributed by atoms with E-state index in [2.05, 4.69) is 51.6 Å². The van der Waals surface area contributed by atoms with Gasteiger partial charge in [-0.3, -0.25) is 9.97 Å². The van der Waals surface area contributed by atoms with E-state index in [0.29, 0.717) is 5.69 Å². The maximum Gasteiger partial charge on any atom is 0.133 e. The predicted molar refractivity (Wildman–Crippen MR) is 102 cm³/mol. The van der Waals surface area contributed by atoms with Gasteiger partial charge in [-0.05, 0) is 38.1 Å². The highest BCUT2D eigenvalue weighted by Gasteiger charge is 2.20. The van der Waals surface area contributed by atoms with Crippen LogP contribution in [0, 0.1) is 6.92 Å². The summed E-state index contributed by atoms with van der Waals surface area (Å²) in [5, 5.41) is 1.40. The smallest absolute Gasteiger partial charge is 0.133 e. The quantitative estimate of drug-likeness (QED) is 0.721. The minimum Gasteiger partial charge on any atom is -0.344 e. The first kappa shape index (κ1) is 17.2. The number of alkyl halides is 1. The minimum absolute atomic E-state index is 0.396. The largest absolute Gasteiger partial charge is 0.344 e. The molecule has 0 N–H and O–H groups in total. The second-order valence-corrected chi connectivity index (χ2v) is 7.28. The maximum atomic E-state index is 12.6. The Labute approximate surface area is 153 Å². The molecule has 26 heavy (non-hydrogen) atoms. The molecule has 0 unspecified atom stereocenters. The van der Waals surface area contributed by atoms with Crippen LogP contribution >= 0.6 is 0 Å². The zero-order valence-corrected chi connectivity index (χ0v) is 15.5. The standard InChI is InChI=1S/C21H25FN4/c1-15-3-4-20-19(11-15)18-6-8-25(2)9-7-21(18)26(20)10-5-16-13-24-17(12-22)14-23-16/h3-4,11,13-14H,5-10,12H2,1-2H3. The van der Waals surface area contributed by atoms with Crippen molar-refractivity contribution in [2.75, 3.05) is 20.1 Å². The number of benzene rings is 1. The van der Waals surface area contributed by atoms with Gasteiger partial charge in [0.2, 0.25) is 0 Å². The normalized spacial score (nSPS) is 15.2. The third kappa shape index (κ3) is 3.23. The zero-order chi connectivity index (χ0) is 18.1. The lowest BCUT2D eigenvalue weighted by Crippen LogP contribution is -2.21. The Bertz CT molecular complexity index is 914. The van der Waals surface area contributed by atoms with Gasteiger partial charge in [-0.25, -0.2) is 4.39 Å². The highest BCUT2D eigenvalue weighted by atomic mass is 19.1. The van der Waals surface area contributed by atoms with Gasteiger partial charge < -0.3 is 9.47 Å². The third-order valence-corrected chi connectivity index (χ3v) is 5.40. The molecule has 1 aliphatic heterocycles. The van der Waals surface area contributed by atoms with Crippen LogP contribution in [0.3, 0.4) is 0 Å². The van der Waals surface area contributed by atoms with Crippen LogP contribution < -0.4 is 0 Å². The molecule has 0 fully saturated rings. The van der Waals surface area contributed by atoms with E-state index >= 15 is 0 Å². The molecule has 4 nitrogen and oxygen atoms in total. The van der Waals surface area contributed by atoms with E-state index < -0.39 is 6.67 Å². The van der Waals surface area contributed by atoms with Gasteiger partial charge in [-0.15, -0.1) is 0 Å². The molecule has 0 radical (unpaired) electrons. The lowest BCUT2D eigenvalue weighted by molar-refractivity contribution is 0.350. The van der Waals surface area contributed by atoms with E-state index in [-0.39, 0.29) is 0 Å². The van der Waals surface area contributed by atoms with E-state index in [1.165, 1.54) is 27.7 Å². The van der Waals surface area contributed by atoms with E-state index in [4.69, 9.17) is 0 Å². The number of nitrogens with zero attached hydrogens (tertiary/aromatic N) is 4. The van der Waals surface area contributed by atoms with E-state index in [1.807, 2.05) is 0 Å². The predicted octanol–water partition coefficient (Wildman–Crippen LogP) is 3.48. The number of rotatable bonds is 4. The second kappa shape index (κ2) is 7.16. The van der Waals surface area contributed by atoms with E-state index in [0.717, 1.165) is 44.6 Å². The van der Waals surface area contributed by atoms with Crippen LogP contribution in [0.1, 0.15) is 28.2 Å². The highest BCUT2D eigenvalue weighted by molar-refractivity contribution is 5.86. The van der Waals surface area contributed by atoms with Crippen molar-refractivity contribution in [1.82, 2.24) is 19.4 Å². The van der Waals surface area contributed by atoms with Gasteiger partial charge in [0.15, 0.2) is 0 Å². The van der Waals surface area contributed by atoms with Crippen LogP contribution in [0.5, 0.6) is 0 Å². The van der Waals surface area contributed by atoms with Crippen molar-refractivity contribution in [3.8, 4) is 0 Å². The summed E-state index contributed by atoms with van der Waals surface area (Å²) in [6, 6.07) is 6.77. The Hall–Kier alpha value is -2.27. The van der Waals surface area contributed by atoms with Crippen LogP contribution in [0.25, 0.3) is 10.9 Å². The number of aryl methyl sites for hydroxylation is 3.